The Morgan fingerprint density at radius 1 is 1.10 bits per heavy atom. The summed E-state index contributed by atoms with van der Waals surface area (Å²) in [5, 5.41) is 4.18. The van der Waals surface area contributed by atoms with E-state index in [-0.39, 0.29) is 5.91 Å². The monoisotopic (exact) mass is 459 g/mol. The molecule has 30 heavy (non-hydrogen) atoms. The highest BCUT2D eigenvalue weighted by molar-refractivity contribution is 6.43. The summed E-state index contributed by atoms with van der Waals surface area (Å²) in [7, 11) is 0. The lowest BCUT2D eigenvalue weighted by molar-refractivity contribution is -0.116. The molecule has 2 aromatic rings. The van der Waals surface area contributed by atoms with Gasteiger partial charge < -0.3 is 15.0 Å². The van der Waals surface area contributed by atoms with Gasteiger partial charge in [-0.1, -0.05) is 35.3 Å². The van der Waals surface area contributed by atoms with Gasteiger partial charge in [-0.2, -0.15) is 0 Å². The zero-order chi connectivity index (χ0) is 20.9. The van der Waals surface area contributed by atoms with Gasteiger partial charge in [0.15, 0.2) is 0 Å². The molecule has 2 aliphatic heterocycles. The first-order valence-corrected chi connectivity index (χ1v) is 11.3. The molecule has 0 radical (unpaired) electrons. The maximum Gasteiger partial charge on any atom is 0.224 e. The molecule has 5 nitrogen and oxygen atoms in total. The van der Waals surface area contributed by atoms with Gasteiger partial charge in [-0.25, -0.2) is 0 Å². The Morgan fingerprint density at radius 3 is 2.77 bits per heavy atom. The first kappa shape index (κ1) is 21.3. The Labute approximate surface area is 187 Å². The van der Waals surface area contributed by atoms with Crippen LogP contribution in [0.1, 0.15) is 24.8 Å². The molecule has 2 heterocycles. The second kappa shape index (κ2) is 9.90. The number of anilines is 2. The molecule has 0 aliphatic carbocycles. The van der Waals surface area contributed by atoms with Gasteiger partial charge in [-0.3, -0.25) is 9.69 Å². The number of halogens is 2. The van der Waals surface area contributed by atoms with Crippen LogP contribution >= 0.6 is 23.2 Å². The van der Waals surface area contributed by atoms with Crippen molar-refractivity contribution in [3.05, 3.63) is 52.0 Å². The molecule has 4 rings (SSSR count). The predicted octanol–water partition coefficient (Wildman–Crippen LogP) is 4.86. The Kier molecular flexibility index (Phi) is 7.03. The molecule has 7 heteroatoms. The van der Waals surface area contributed by atoms with Crippen LogP contribution in [0.4, 0.5) is 11.4 Å². The van der Waals surface area contributed by atoms with E-state index in [1.807, 2.05) is 30.3 Å². The highest BCUT2D eigenvalue weighted by Crippen LogP contribution is 2.33. The Bertz CT molecular complexity index is 898. The molecule has 0 saturated carbocycles. The lowest BCUT2D eigenvalue weighted by Crippen LogP contribution is -2.46. The molecular formula is C23H27Cl2N3O2. The summed E-state index contributed by atoms with van der Waals surface area (Å²) in [5.41, 5.74) is 3.10. The minimum atomic E-state index is 0.0809. The molecular weight excluding hydrogens is 433 g/mol. The Balaban J connectivity index is 1.15. The Morgan fingerprint density at radius 2 is 1.93 bits per heavy atom. The van der Waals surface area contributed by atoms with Crippen molar-refractivity contribution in [1.82, 2.24) is 4.90 Å². The number of hydrogen-bond acceptors (Lipinski definition) is 4. The third-order valence-corrected chi connectivity index (χ3v) is 6.57. The lowest BCUT2D eigenvalue weighted by atomic mass is 10.0. The average Bonchev–Trinajstić information content (AvgIpc) is 2.76. The van der Waals surface area contributed by atoms with Crippen molar-refractivity contribution in [2.75, 3.05) is 49.5 Å². The van der Waals surface area contributed by atoms with E-state index in [2.05, 4.69) is 21.2 Å². The van der Waals surface area contributed by atoms with E-state index < -0.39 is 0 Å². The van der Waals surface area contributed by atoms with E-state index in [9.17, 15) is 4.79 Å². The number of benzene rings is 2. The molecule has 2 aromatic carbocycles. The molecule has 160 valence electrons. The largest absolute Gasteiger partial charge is 0.494 e. The number of hydrogen-bond donors (Lipinski definition) is 1. The van der Waals surface area contributed by atoms with Crippen molar-refractivity contribution in [3.8, 4) is 5.75 Å². The maximum atomic E-state index is 11.5. The molecule has 1 N–H and O–H groups in total. The number of piperazine rings is 1. The summed E-state index contributed by atoms with van der Waals surface area (Å²) < 4.78 is 5.89. The number of nitrogens with zero attached hydrogens (tertiary/aromatic N) is 2. The second-order valence-corrected chi connectivity index (χ2v) is 8.61. The first-order valence-electron chi connectivity index (χ1n) is 10.6. The van der Waals surface area contributed by atoms with Gasteiger partial charge in [0, 0.05) is 44.4 Å². The van der Waals surface area contributed by atoms with E-state index in [1.165, 1.54) is 5.56 Å². The van der Waals surface area contributed by atoms with E-state index in [1.54, 1.807) is 0 Å². The van der Waals surface area contributed by atoms with Crippen molar-refractivity contribution in [3.63, 3.8) is 0 Å². The normalized spacial score (nSPS) is 16.9. The van der Waals surface area contributed by atoms with Crippen molar-refractivity contribution >= 4 is 40.5 Å². The van der Waals surface area contributed by atoms with Crippen LogP contribution in [0.5, 0.6) is 5.75 Å². The zero-order valence-electron chi connectivity index (χ0n) is 17.0. The van der Waals surface area contributed by atoms with Gasteiger partial charge in [-0.05, 0) is 49.6 Å². The first-order chi connectivity index (χ1) is 14.6. The average molecular weight is 460 g/mol. The van der Waals surface area contributed by atoms with E-state index in [4.69, 9.17) is 27.9 Å². The lowest BCUT2D eigenvalue weighted by Gasteiger charge is -2.36. The topological polar surface area (TPSA) is 44.8 Å². The van der Waals surface area contributed by atoms with Gasteiger partial charge in [0.25, 0.3) is 0 Å². The van der Waals surface area contributed by atoms with Gasteiger partial charge in [0.2, 0.25) is 5.91 Å². The molecule has 2 aliphatic rings. The van der Waals surface area contributed by atoms with Crippen LogP contribution in [0, 0.1) is 0 Å². The van der Waals surface area contributed by atoms with E-state index >= 15 is 0 Å². The fraction of sp³-hybridized carbons (Fsp3) is 0.435. The standard InChI is InChI=1S/C23H27Cl2N3O2/c24-19-4-3-5-21(23(19)25)28-13-11-27(12-14-28)10-1-2-15-30-18-8-6-17-7-9-22(29)26-20(17)16-18/h3-6,8,16H,1-2,7,9-15H2,(H,26,29)/i3+2,4+2,5+2,19+2,21+2,23+2. The maximum absolute atomic E-state index is 11.5. The fourth-order valence-electron chi connectivity index (χ4n) is 4.02. The minimum absolute atomic E-state index is 0.0809. The van der Waals surface area contributed by atoms with Crippen molar-refractivity contribution in [2.24, 2.45) is 0 Å². The molecule has 0 bridgehead atoms. The number of carbonyl (C=O) groups excluding carboxylic acids is 1. The van der Waals surface area contributed by atoms with Crippen LogP contribution in [0.15, 0.2) is 36.4 Å². The summed E-state index contributed by atoms with van der Waals surface area (Å²) in [5.74, 6) is 0.903. The summed E-state index contributed by atoms with van der Waals surface area (Å²) in [4.78, 5) is 16.3. The molecule has 0 unspecified atom stereocenters. The smallest absolute Gasteiger partial charge is 0.224 e. The second-order valence-electron chi connectivity index (χ2n) is 7.82. The van der Waals surface area contributed by atoms with Crippen LogP contribution in [0.25, 0.3) is 0 Å². The summed E-state index contributed by atoms with van der Waals surface area (Å²) in [6.45, 7) is 5.71. The molecule has 0 spiro atoms. The van der Waals surface area contributed by atoms with E-state index in [0.717, 1.165) is 69.1 Å². The zero-order valence-corrected chi connectivity index (χ0v) is 18.5. The number of aryl methyl sites for hydroxylation is 1. The van der Waals surface area contributed by atoms with Crippen molar-refractivity contribution in [2.45, 2.75) is 25.7 Å². The van der Waals surface area contributed by atoms with Gasteiger partial charge >= 0.3 is 0 Å². The van der Waals surface area contributed by atoms with Crippen LogP contribution in [-0.2, 0) is 11.2 Å². The number of amides is 1. The summed E-state index contributed by atoms with van der Waals surface area (Å²) in [6, 6.07) is 11.8. The number of carbonyl (C=O) groups is 1. The van der Waals surface area contributed by atoms with Crippen molar-refractivity contribution in [1.29, 1.82) is 0 Å². The summed E-state index contributed by atoms with van der Waals surface area (Å²) in [6.07, 6.45) is 3.47. The van der Waals surface area contributed by atoms with Gasteiger partial charge in [0.1, 0.15) is 5.75 Å². The van der Waals surface area contributed by atoms with Crippen LogP contribution in [0.3, 0.4) is 0 Å². The molecule has 1 amide bonds. The van der Waals surface area contributed by atoms with E-state index in [0.29, 0.717) is 23.1 Å². The van der Waals surface area contributed by atoms with Gasteiger partial charge in [0.05, 0.1) is 22.3 Å². The number of ether oxygens (including phenoxy) is 1. The fourth-order valence-corrected chi connectivity index (χ4v) is 4.43. The Hall–Kier alpha value is -1.95. The highest BCUT2D eigenvalue weighted by Gasteiger charge is 2.19. The number of rotatable bonds is 7. The number of unbranched alkanes of at least 4 members (excludes halogenated alkanes) is 1. The van der Waals surface area contributed by atoms with Crippen molar-refractivity contribution < 1.29 is 9.53 Å². The quantitative estimate of drug-likeness (QED) is 0.600. The van der Waals surface area contributed by atoms with Crippen LogP contribution < -0.4 is 15.0 Å². The number of fused-ring (bicyclic) bond motifs is 1. The predicted molar refractivity (Wildman–Crippen MR) is 123 cm³/mol. The SMILES string of the molecule is O=C1CCc2ccc(OCCCCN3CCN([14c]4[14cH][14cH][14cH][14c](Cl)[14c]4Cl)CC3)cc2N1. The molecule has 0 atom stereocenters. The molecule has 1 saturated heterocycles. The van der Waals surface area contributed by atoms with Gasteiger partial charge in [-0.15, -0.1) is 0 Å². The minimum Gasteiger partial charge on any atom is -0.494 e. The van der Waals surface area contributed by atoms with Crippen LogP contribution in [0.2, 0.25) is 10.0 Å². The van der Waals surface area contributed by atoms with Crippen LogP contribution in [-0.4, -0.2) is 50.1 Å². The summed E-state index contributed by atoms with van der Waals surface area (Å²) >= 11 is 12.5. The molecule has 1 fully saturated rings. The third-order valence-electron chi connectivity index (χ3n) is 5.76. The third kappa shape index (κ3) is 5.20. The number of nitrogens with one attached hydrogen (secondary N) is 1. The molecule has 0 aromatic heterocycles. The highest BCUT2D eigenvalue weighted by atomic mass is 35.5.